The molecule has 5 nitrogen and oxygen atoms in total. The number of carbonyl (C=O) groups excluding carboxylic acids is 1. The van der Waals surface area contributed by atoms with Crippen LogP contribution < -0.4 is 4.74 Å². The maximum absolute atomic E-state index is 11.7. The third-order valence-corrected chi connectivity index (χ3v) is 4.65. The number of Topliss-reactive ketones (excluding diaryl/α,β-unsaturated/α-hetero) is 1. The highest BCUT2D eigenvalue weighted by Gasteiger charge is 2.23. The summed E-state index contributed by atoms with van der Waals surface area (Å²) in [5, 5.41) is 11.2. The predicted molar refractivity (Wildman–Crippen MR) is 87.2 cm³/mol. The summed E-state index contributed by atoms with van der Waals surface area (Å²) in [4.78, 5) is 23.2. The zero-order valence-corrected chi connectivity index (χ0v) is 14.7. The molecule has 0 aliphatic carbocycles. The van der Waals surface area contributed by atoms with Crippen LogP contribution in [0.4, 0.5) is 5.69 Å². The predicted octanol–water partition coefficient (Wildman–Crippen LogP) is 4.96. The molecule has 0 N–H and O–H groups in total. The van der Waals surface area contributed by atoms with Gasteiger partial charge < -0.3 is 4.74 Å². The van der Waals surface area contributed by atoms with Crippen molar-refractivity contribution in [2.24, 2.45) is 0 Å². The Hall–Kier alpha value is -1.25. The lowest BCUT2D eigenvalue weighted by Gasteiger charge is -2.10. The number of benzene rings is 1. The topological polar surface area (TPSA) is 69.4 Å². The lowest BCUT2D eigenvalue weighted by atomic mass is 10.1. The average Bonchev–Trinajstić information content (AvgIpc) is 2.81. The SMILES string of the molecule is CC(=O)c1cc(Br)cc([N+](=O)[O-])c1OCc1ccc(Br)s1. The number of ketones is 1. The number of nitro benzene ring substituents is 1. The van der Waals surface area contributed by atoms with E-state index < -0.39 is 4.92 Å². The molecule has 0 spiro atoms. The molecule has 0 unspecified atom stereocenters. The van der Waals surface area contributed by atoms with Crippen LogP contribution >= 0.6 is 43.2 Å². The third kappa shape index (κ3) is 3.90. The number of hydrogen-bond acceptors (Lipinski definition) is 5. The molecule has 0 amide bonds. The van der Waals surface area contributed by atoms with Crippen molar-refractivity contribution in [3.05, 3.63) is 53.1 Å². The second kappa shape index (κ2) is 6.67. The van der Waals surface area contributed by atoms with Crippen molar-refractivity contribution in [3.8, 4) is 5.75 Å². The van der Waals surface area contributed by atoms with Crippen LogP contribution in [0.2, 0.25) is 0 Å². The number of nitrogens with zero attached hydrogens (tertiary/aromatic N) is 1. The lowest BCUT2D eigenvalue weighted by molar-refractivity contribution is -0.386. The van der Waals surface area contributed by atoms with Crippen molar-refractivity contribution in [1.82, 2.24) is 0 Å². The molecule has 0 bridgehead atoms. The van der Waals surface area contributed by atoms with Gasteiger partial charge in [0.15, 0.2) is 5.78 Å². The normalized spacial score (nSPS) is 10.4. The Kier molecular flexibility index (Phi) is 5.13. The van der Waals surface area contributed by atoms with Crippen molar-refractivity contribution in [2.45, 2.75) is 13.5 Å². The van der Waals surface area contributed by atoms with Crippen LogP contribution in [-0.4, -0.2) is 10.7 Å². The van der Waals surface area contributed by atoms with Crippen LogP contribution in [0, 0.1) is 10.1 Å². The van der Waals surface area contributed by atoms with Crippen molar-refractivity contribution in [1.29, 1.82) is 0 Å². The second-order valence-corrected chi connectivity index (χ2v) is 7.57. The second-order valence-electron chi connectivity index (χ2n) is 4.11. The highest BCUT2D eigenvalue weighted by atomic mass is 79.9. The van der Waals surface area contributed by atoms with E-state index in [0.717, 1.165) is 8.66 Å². The minimum atomic E-state index is -0.559. The van der Waals surface area contributed by atoms with Gasteiger partial charge in [0.25, 0.3) is 0 Å². The van der Waals surface area contributed by atoms with Crippen LogP contribution in [0.15, 0.2) is 32.5 Å². The molecular weight excluding hydrogens is 426 g/mol. The fourth-order valence-corrected chi connectivity index (χ4v) is 3.54. The Morgan fingerprint density at radius 1 is 1.38 bits per heavy atom. The number of halogens is 2. The summed E-state index contributed by atoms with van der Waals surface area (Å²) >= 11 is 7.97. The fourth-order valence-electron chi connectivity index (χ4n) is 1.70. The molecule has 1 heterocycles. The van der Waals surface area contributed by atoms with Gasteiger partial charge in [0.2, 0.25) is 5.75 Å². The molecule has 0 radical (unpaired) electrons. The number of hydrogen-bond donors (Lipinski definition) is 0. The molecule has 0 fully saturated rings. The Morgan fingerprint density at radius 3 is 2.62 bits per heavy atom. The van der Waals surface area contributed by atoms with Gasteiger partial charge in [-0.1, -0.05) is 15.9 Å². The quantitative estimate of drug-likeness (QED) is 0.378. The first-order chi connectivity index (χ1) is 9.88. The average molecular weight is 435 g/mol. The molecule has 21 heavy (non-hydrogen) atoms. The minimum Gasteiger partial charge on any atom is -0.481 e. The van der Waals surface area contributed by atoms with E-state index in [1.807, 2.05) is 12.1 Å². The molecule has 0 saturated carbocycles. The van der Waals surface area contributed by atoms with Gasteiger partial charge in [0, 0.05) is 15.4 Å². The number of ether oxygens (including phenoxy) is 1. The minimum absolute atomic E-state index is 0.000206. The smallest absolute Gasteiger partial charge is 0.312 e. The molecular formula is C13H9Br2NO4S. The molecule has 0 saturated heterocycles. The molecule has 0 aliphatic rings. The molecule has 2 aromatic rings. The van der Waals surface area contributed by atoms with Crippen LogP contribution in [0.3, 0.4) is 0 Å². The van der Waals surface area contributed by atoms with E-state index in [4.69, 9.17) is 4.74 Å². The first-order valence-electron chi connectivity index (χ1n) is 5.74. The Labute approximate surface area is 141 Å². The summed E-state index contributed by atoms with van der Waals surface area (Å²) in [5.74, 6) is -0.290. The summed E-state index contributed by atoms with van der Waals surface area (Å²) in [6.45, 7) is 1.51. The van der Waals surface area contributed by atoms with E-state index in [1.165, 1.54) is 30.4 Å². The van der Waals surface area contributed by atoms with Crippen molar-refractivity contribution in [3.63, 3.8) is 0 Å². The van der Waals surface area contributed by atoms with Gasteiger partial charge in [-0.25, -0.2) is 0 Å². The van der Waals surface area contributed by atoms with E-state index in [0.29, 0.717) is 4.47 Å². The summed E-state index contributed by atoms with van der Waals surface area (Å²) in [5.41, 5.74) is -0.0445. The van der Waals surface area contributed by atoms with Crippen molar-refractivity contribution in [2.75, 3.05) is 0 Å². The largest absolute Gasteiger partial charge is 0.481 e. The fraction of sp³-hybridized carbons (Fsp3) is 0.154. The summed E-state index contributed by atoms with van der Waals surface area (Å²) in [7, 11) is 0. The standard InChI is InChI=1S/C13H9Br2NO4S/c1-7(17)10-4-8(14)5-11(16(18)19)13(10)20-6-9-2-3-12(15)21-9/h2-5H,6H2,1H3. The first kappa shape index (κ1) is 16.1. The maximum Gasteiger partial charge on any atom is 0.312 e. The van der Waals surface area contributed by atoms with E-state index in [-0.39, 0.29) is 29.4 Å². The van der Waals surface area contributed by atoms with Crippen LogP contribution in [0.5, 0.6) is 5.75 Å². The van der Waals surface area contributed by atoms with Crippen LogP contribution in [0.25, 0.3) is 0 Å². The molecule has 0 atom stereocenters. The first-order valence-corrected chi connectivity index (χ1v) is 8.14. The maximum atomic E-state index is 11.7. The molecule has 0 aliphatic heterocycles. The van der Waals surface area contributed by atoms with Crippen molar-refractivity contribution < 1.29 is 14.5 Å². The number of nitro groups is 1. The Balaban J connectivity index is 2.39. The number of thiophene rings is 1. The number of carbonyl (C=O) groups is 1. The van der Waals surface area contributed by atoms with Crippen LogP contribution in [-0.2, 0) is 6.61 Å². The Bertz CT molecular complexity index is 679. The highest BCUT2D eigenvalue weighted by molar-refractivity contribution is 9.11. The van der Waals surface area contributed by atoms with Gasteiger partial charge in [-0.05, 0) is 41.1 Å². The monoisotopic (exact) mass is 433 g/mol. The van der Waals surface area contributed by atoms with Gasteiger partial charge in [-0.15, -0.1) is 11.3 Å². The molecule has 8 heteroatoms. The van der Waals surface area contributed by atoms with Crippen molar-refractivity contribution >= 4 is 54.7 Å². The molecule has 2 rings (SSSR count). The summed E-state index contributed by atoms with van der Waals surface area (Å²) in [6.07, 6.45) is 0. The van der Waals surface area contributed by atoms with Gasteiger partial charge in [0.05, 0.1) is 14.3 Å². The van der Waals surface area contributed by atoms with Gasteiger partial charge in [-0.2, -0.15) is 0 Å². The molecule has 110 valence electrons. The molecule has 1 aromatic carbocycles. The lowest BCUT2D eigenvalue weighted by Crippen LogP contribution is -2.04. The number of rotatable bonds is 5. The van der Waals surface area contributed by atoms with E-state index in [2.05, 4.69) is 31.9 Å². The highest BCUT2D eigenvalue weighted by Crippen LogP contribution is 2.36. The van der Waals surface area contributed by atoms with Crippen LogP contribution in [0.1, 0.15) is 22.2 Å². The van der Waals surface area contributed by atoms with E-state index in [1.54, 1.807) is 0 Å². The Morgan fingerprint density at radius 2 is 2.10 bits per heavy atom. The third-order valence-electron chi connectivity index (χ3n) is 2.60. The zero-order chi connectivity index (χ0) is 15.6. The zero-order valence-electron chi connectivity index (χ0n) is 10.8. The van der Waals surface area contributed by atoms with Gasteiger partial charge in [-0.3, -0.25) is 14.9 Å². The summed E-state index contributed by atoms with van der Waals surface area (Å²) in [6, 6.07) is 6.57. The summed E-state index contributed by atoms with van der Waals surface area (Å²) < 4.78 is 6.96. The van der Waals surface area contributed by atoms with Gasteiger partial charge >= 0.3 is 5.69 Å². The van der Waals surface area contributed by atoms with Gasteiger partial charge in [0.1, 0.15) is 6.61 Å². The van der Waals surface area contributed by atoms with E-state index in [9.17, 15) is 14.9 Å². The van der Waals surface area contributed by atoms with E-state index >= 15 is 0 Å². The molecule has 1 aromatic heterocycles.